The number of rotatable bonds is 17. The molecule has 0 saturated heterocycles. The van der Waals surface area contributed by atoms with E-state index < -0.39 is 10.2 Å². The fourth-order valence-corrected chi connectivity index (χ4v) is 8.21. The normalized spacial score (nSPS) is 10.5. The Labute approximate surface area is 554 Å². The molecule has 0 heterocycles. The molecule has 82 heavy (non-hydrogen) atoms. The summed E-state index contributed by atoms with van der Waals surface area (Å²) in [5.41, 5.74) is 4.32. The van der Waals surface area contributed by atoms with Crippen molar-refractivity contribution in [2.75, 3.05) is 58.9 Å². The van der Waals surface area contributed by atoms with Gasteiger partial charge >= 0.3 is 46.9 Å². The Morgan fingerprint density at radius 2 is 0.500 bits per heavy atom. The summed E-state index contributed by atoms with van der Waals surface area (Å²) in [7, 11) is 0. The molecule has 451 valence electrons. The van der Waals surface area contributed by atoms with Gasteiger partial charge in [0.15, 0.2) is 0 Å². The Hall–Kier alpha value is -5.08. The summed E-state index contributed by atoms with van der Waals surface area (Å²) in [4.78, 5) is 39.1. The van der Waals surface area contributed by atoms with Gasteiger partial charge in [0.2, 0.25) is 0 Å². The van der Waals surface area contributed by atoms with E-state index in [0.29, 0.717) is 62.9 Å². The van der Waals surface area contributed by atoms with E-state index in [4.69, 9.17) is 30.6 Å². The number of quaternary nitrogens is 3. The predicted molar refractivity (Wildman–Crippen MR) is 335 cm³/mol. The molecule has 0 saturated carbocycles. The molecule has 0 spiro atoms. The molecule has 0 aromatic heterocycles. The van der Waals surface area contributed by atoms with E-state index in [1.54, 1.807) is 112 Å². The quantitative estimate of drug-likeness (QED) is 0.0442. The van der Waals surface area contributed by atoms with Crippen LogP contribution in [0.1, 0.15) is 84.6 Å². The fourth-order valence-electron chi connectivity index (χ4n) is 6.68. The molecular formula is C58H72Br4N9O10Yb. The number of para-hydroxylation sites is 8. The minimum Gasteiger partial charge on any atom is -0.871 e. The summed E-state index contributed by atoms with van der Waals surface area (Å²) in [6, 6.07) is 35.2. The third kappa shape index (κ3) is 33.3. The second kappa shape index (κ2) is 47.3. The molecule has 3 N–H and O–H groups in total. The van der Waals surface area contributed by atoms with Crippen LogP contribution in [0.15, 0.2) is 159 Å². The number of nitrogens with zero attached hydrogens (tertiary/aromatic N) is 6. The molecule has 6 aromatic carbocycles. The Morgan fingerprint density at radius 3 is 0.634 bits per heavy atom. The molecule has 24 heteroatoms. The maximum atomic E-state index is 12.0. The van der Waals surface area contributed by atoms with Crippen LogP contribution >= 0.6 is 63.7 Å². The van der Waals surface area contributed by atoms with E-state index in [0.717, 1.165) is 0 Å². The number of halogens is 4. The first-order chi connectivity index (χ1) is 38.6. The van der Waals surface area contributed by atoms with Crippen LogP contribution in [-0.4, -0.2) is 93.9 Å². The van der Waals surface area contributed by atoms with Crippen LogP contribution in [0, 0.1) is 77.6 Å². The third-order valence-corrected chi connectivity index (χ3v) is 14.1. The van der Waals surface area contributed by atoms with Gasteiger partial charge in [0.1, 0.15) is 0 Å². The zero-order chi connectivity index (χ0) is 61.3. The predicted octanol–water partition coefficient (Wildman–Crippen LogP) is 9.03. The molecule has 6 aromatic rings. The molecule has 0 bridgehead atoms. The number of nitrogens with one attached hydrogen (secondary N) is 3. The summed E-state index contributed by atoms with van der Waals surface area (Å²) in [5.74, 6) is -0.491. The first kappa shape index (κ1) is 79.0. The Balaban J connectivity index is 0. The van der Waals surface area contributed by atoms with Crippen molar-refractivity contribution in [1.82, 2.24) is 0 Å². The van der Waals surface area contributed by atoms with Gasteiger partial charge in [-0.1, -0.05) is 160 Å². The number of hydrogen-bond donors (Lipinski definition) is 3. The van der Waals surface area contributed by atoms with Crippen LogP contribution in [0.4, 0.5) is 22.7 Å². The summed E-state index contributed by atoms with van der Waals surface area (Å²) >= 11 is 12.9. The van der Waals surface area contributed by atoms with E-state index in [1.165, 1.54) is 83.8 Å². The largest absolute Gasteiger partial charge is 3.00 e. The molecule has 0 fully saturated rings. The maximum Gasteiger partial charge on any atom is 3.00 e. The monoisotopic (exact) mass is 1540 g/mol. The van der Waals surface area contributed by atoms with Gasteiger partial charge in [-0.25, -0.2) is 0 Å². The second-order valence-corrected chi connectivity index (χ2v) is 19.9. The van der Waals surface area contributed by atoms with Crippen molar-refractivity contribution in [1.29, 1.82) is 0 Å². The zero-order valence-corrected chi connectivity index (χ0v) is 55.3. The van der Waals surface area contributed by atoms with Gasteiger partial charge in [-0.05, 0) is 133 Å². The minimum atomic E-state index is -1.75. The van der Waals surface area contributed by atoms with Crippen molar-refractivity contribution in [3.63, 3.8) is 0 Å². The van der Waals surface area contributed by atoms with Gasteiger partial charge in [0, 0.05) is 42.7 Å². The van der Waals surface area contributed by atoms with Crippen LogP contribution in [0.3, 0.4) is 0 Å². The summed E-state index contributed by atoms with van der Waals surface area (Å²) in [6.07, 6.45) is 6.05. The molecule has 0 amide bonds. The molecule has 0 aliphatic carbocycles. The van der Waals surface area contributed by atoms with Crippen molar-refractivity contribution in [2.45, 2.75) is 62.3 Å². The van der Waals surface area contributed by atoms with Crippen LogP contribution in [0.2, 0.25) is 0 Å². The van der Waals surface area contributed by atoms with E-state index >= 15 is 0 Å². The van der Waals surface area contributed by atoms with Crippen LogP contribution in [0.25, 0.3) is 0 Å². The average Bonchev–Trinajstić information content (AvgIpc) is 3.45. The van der Waals surface area contributed by atoms with Gasteiger partial charge in [-0.2, -0.15) is 0 Å². The molecule has 0 atom stereocenters. The van der Waals surface area contributed by atoms with Crippen LogP contribution in [0.5, 0.6) is 23.0 Å². The van der Waals surface area contributed by atoms with Crippen LogP contribution in [-0.2, 0) is 0 Å². The molecule has 0 aliphatic heterocycles. The van der Waals surface area contributed by atoms with Crippen molar-refractivity contribution < 1.29 is 92.2 Å². The van der Waals surface area contributed by atoms with Gasteiger partial charge in [0.25, 0.3) is 0 Å². The summed E-state index contributed by atoms with van der Waals surface area (Å²) in [6.45, 7) is 31.5. The Morgan fingerprint density at radius 1 is 0.341 bits per heavy atom. The SMILES string of the molecule is CC[NH+](CC)CC.CC[NH+](CC)CC.CC[NH+](CC)CC.O=[N+]([O-])[O-].O=[N+]([O-])[O-].[O-]c1c(Br)cccc1C=Nc1ccccc1N=Cc1cccc(Br)c1[O-].[O-]c1c(Br)cccc1C=Nc1ccccc1N=Cc1cccc(Br)c1[O-].[Yb+3]. The minimum absolute atomic E-state index is 0. The molecule has 6 rings (SSSR count). The Bertz CT molecular complexity index is 2510. The first-order valence-corrected chi connectivity index (χ1v) is 29.1. The van der Waals surface area contributed by atoms with Gasteiger partial charge in [-0.3, -0.25) is 20.0 Å². The zero-order valence-electron chi connectivity index (χ0n) is 47.3. The average molecular weight is 1550 g/mol. The van der Waals surface area contributed by atoms with Crippen molar-refractivity contribution in [2.24, 2.45) is 20.0 Å². The van der Waals surface area contributed by atoms with Crippen molar-refractivity contribution >= 4 is 111 Å². The standard InChI is InChI=1S/2C20H14Br2N2O2.3C6H15N.2NO3.Yb/c2*21-15-7-3-5-13(19(15)25)11-23-17-9-1-2-10-18(17)24-12-14-6-4-8-16(22)20(14)26;3*1-4-7(5-2)6-3;2*2-1(3)4;/h2*1-12,25-26H;3*4-6H2,1-3H3;;;/q;;;;;2*-1;+3/p-1. The van der Waals surface area contributed by atoms with Gasteiger partial charge in [0.05, 0.1) is 91.8 Å². The van der Waals surface area contributed by atoms with Crippen molar-refractivity contribution in [3.8, 4) is 23.0 Å². The fraction of sp³-hybridized carbons (Fsp3) is 0.310. The van der Waals surface area contributed by atoms with E-state index in [2.05, 4.69) is 146 Å². The van der Waals surface area contributed by atoms with Gasteiger partial charge < -0.3 is 65.8 Å². The summed E-state index contributed by atoms with van der Waals surface area (Å²) < 4.78 is 1.96. The number of benzene rings is 6. The topological polar surface area (TPSA) is 287 Å². The molecule has 19 nitrogen and oxygen atoms in total. The van der Waals surface area contributed by atoms with E-state index in [9.17, 15) is 20.4 Å². The molecule has 1 radical (unpaired) electrons. The van der Waals surface area contributed by atoms with Gasteiger partial charge in [-0.15, -0.1) is 0 Å². The smallest absolute Gasteiger partial charge is 0.871 e. The van der Waals surface area contributed by atoms with Crippen molar-refractivity contribution in [3.05, 3.63) is 192 Å². The van der Waals surface area contributed by atoms with E-state index in [1.807, 2.05) is 24.3 Å². The molecule has 0 unspecified atom stereocenters. The number of hydrogen-bond acceptors (Lipinski definition) is 14. The van der Waals surface area contributed by atoms with Crippen LogP contribution < -0.4 is 35.1 Å². The number of aliphatic imine (C=N–C) groups is 4. The third-order valence-electron chi connectivity index (χ3n) is 11.6. The first-order valence-electron chi connectivity index (χ1n) is 25.9. The maximum absolute atomic E-state index is 12.0. The Kier molecular flexibility index (Phi) is 45.6. The molecular weight excluding hydrogens is 1480 g/mol. The second-order valence-electron chi connectivity index (χ2n) is 16.5. The van der Waals surface area contributed by atoms with E-state index in [-0.39, 0.29) is 69.9 Å². The summed E-state index contributed by atoms with van der Waals surface area (Å²) in [5, 5.41) is 77.7. The molecule has 0 aliphatic rings.